The van der Waals surface area contributed by atoms with Gasteiger partial charge in [0.15, 0.2) is 11.6 Å². The van der Waals surface area contributed by atoms with Crippen LogP contribution in [0.4, 0.5) is 5.69 Å². The van der Waals surface area contributed by atoms with Crippen molar-refractivity contribution >= 4 is 33.2 Å². The normalized spacial score (nSPS) is 19.2. The van der Waals surface area contributed by atoms with Crippen LogP contribution in [0.15, 0.2) is 21.7 Å². The van der Waals surface area contributed by atoms with E-state index in [9.17, 15) is 4.79 Å². The lowest BCUT2D eigenvalue weighted by molar-refractivity contribution is -0.113. The van der Waals surface area contributed by atoms with Crippen molar-refractivity contribution in [3.8, 4) is 0 Å². The van der Waals surface area contributed by atoms with Crippen molar-refractivity contribution < 1.29 is 4.79 Å². The van der Waals surface area contributed by atoms with Gasteiger partial charge >= 0.3 is 0 Å². The molecule has 1 fully saturated rings. The molecule has 17 heavy (non-hydrogen) atoms. The summed E-state index contributed by atoms with van der Waals surface area (Å²) in [5, 5.41) is 0. The summed E-state index contributed by atoms with van der Waals surface area (Å²) in [5.41, 5.74) is 1.77. The lowest BCUT2D eigenvalue weighted by Crippen LogP contribution is -2.37. The number of amidine groups is 1. The van der Waals surface area contributed by atoms with Crippen LogP contribution in [-0.2, 0) is 11.3 Å². The Morgan fingerprint density at radius 3 is 3.12 bits per heavy atom. The summed E-state index contributed by atoms with van der Waals surface area (Å²) in [5.74, 6) is 0.781. The Bertz CT molecular complexity index is 512. The van der Waals surface area contributed by atoms with Gasteiger partial charge in [-0.25, -0.2) is 4.99 Å². The average molecular weight is 294 g/mol. The molecule has 0 N–H and O–H groups in total. The molecule has 5 heteroatoms. The van der Waals surface area contributed by atoms with Gasteiger partial charge in [-0.3, -0.25) is 9.78 Å². The number of Topliss-reactive ketones (excluding diaryl/α,β-unsaturated/α-hetero) is 1. The highest BCUT2D eigenvalue weighted by molar-refractivity contribution is 9.10. The lowest BCUT2D eigenvalue weighted by atomic mass is 10.2. The Kier molecular flexibility index (Phi) is 2.70. The molecule has 3 rings (SSSR count). The number of hydrogen-bond donors (Lipinski definition) is 0. The van der Waals surface area contributed by atoms with Gasteiger partial charge < -0.3 is 4.90 Å². The summed E-state index contributed by atoms with van der Waals surface area (Å²) in [7, 11) is 0. The van der Waals surface area contributed by atoms with Crippen LogP contribution in [0.25, 0.3) is 0 Å². The highest BCUT2D eigenvalue weighted by Gasteiger charge is 2.27. The van der Waals surface area contributed by atoms with Gasteiger partial charge in [-0.1, -0.05) is 0 Å². The highest BCUT2D eigenvalue weighted by atomic mass is 79.9. The lowest BCUT2D eigenvalue weighted by Gasteiger charge is -2.27. The predicted octanol–water partition coefficient (Wildman–Crippen LogP) is 2.44. The molecule has 2 aliphatic rings. The number of nitrogens with zero attached hydrogens (tertiary/aromatic N) is 3. The number of halogens is 1. The number of carbonyl (C=O) groups excluding carboxylic acids is 1. The molecule has 0 aliphatic carbocycles. The highest BCUT2D eigenvalue weighted by Crippen LogP contribution is 2.29. The van der Waals surface area contributed by atoms with Gasteiger partial charge in [0.25, 0.3) is 0 Å². The Balaban J connectivity index is 2.06. The van der Waals surface area contributed by atoms with Crippen LogP contribution in [-0.4, -0.2) is 28.0 Å². The van der Waals surface area contributed by atoms with Crippen molar-refractivity contribution in [1.82, 2.24) is 9.88 Å². The summed E-state index contributed by atoms with van der Waals surface area (Å²) in [6, 6.07) is 1.92. The fourth-order valence-electron chi connectivity index (χ4n) is 2.24. The minimum Gasteiger partial charge on any atom is -0.348 e. The van der Waals surface area contributed by atoms with E-state index in [0.29, 0.717) is 18.8 Å². The number of aromatic nitrogens is 1. The minimum atomic E-state index is 0.160. The van der Waals surface area contributed by atoms with E-state index >= 15 is 0 Å². The van der Waals surface area contributed by atoms with Crippen molar-refractivity contribution in [2.75, 3.05) is 6.54 Å². The number of ketones is 1. The van der Waals surface area contributed by atoms with E-state index in [4.69, 9.17) is 0 Å². The number of pyridine rings is 1. The Morgan fingerprint density at radius 2 is 2.24 bits per heavy atom. The molecule has 0 saturated carbocycles. The van der Waals surface area contributed by atoms with Crippen LogP contribution in [0.3, 0.4) is 0 Å². The molecule has 0 bridgehead atoms. The molecule has 88 valence electrons. The van der Waals surface area contributed by atoms with Gasteiger partial charge in [0, 0.05) is 23.6 Å². The molecular weight excluding hydrogens is 282 g/mol. The second kappa shape index (κ2) is 4.22. The molecule has 0 unspecified atom stereocenters. The number of fused-ring (bicyclic) bond motifs is 2. The average Bonchev–Trinajstić information content (AvgIpc) is 2.49. The van der Waals surface area contributed by atoms with E-state index < -0.39 is 0 Å². The van der Waals surface area contributed by atoms with E-state index in [0.717, 1.165) is 35.2 Å². The number of carbonyl (C=O) groups is 1. The monoisotopic (exact) mass is 293 g/mol. The fraction of sp³-hybridized carbons (Fsp3) is 0.417. The van der Waals surface area contributed by atoms with E-state index in [1.807, 2.05) is 6.07 Å². The van der Waals surface area contributed by atoms with Crippen molar-refractivity contribution in [3.05, 3.63) is 22.4 Å². The third kappa shape index (κ3) is 1.99. The van der Waals surface area contributed by atoms with Gasteiger partial charge in [0.2, 0.25) is 0 Å². The first-order valence-corrected chi connectivity index (χ1v) is 6.54. The molecule has 2 aliphatic heterocycles. The molecule has 0 atom stereocenters. The quantitative estimate of drug-likeness (QED) is 0.738. The first-order chi connectivity index (χ1) is 8.24. The molecule has 3 heterocycles. The third-order valence-electron chi connectivity index (χ3n) is 3.11. The summed E-state index contributed by atoms with van der Waals surface area (Å²) < 4.78 is 0.898. The first kappa shape index (κ1) is 10.9. The van der Waals surface area contributed by atoms with E-state index in [-0.39, 0.29) is 5.78 Å². The number of aliphatic imine (C=N–C) groups is 1. The van der Waals surface area contributed by atoms with E-state index in [1.165, 1.54) is 0 Å². The third-order valence-corrected chi connectivity index (χ3v) is 3.55. The molecule has 1 saturated heterocycles. The number of rotatable bonds is 0. The smallest absolute Gasteiger partial charge is 0.197 e. The predicted molar refractivity (Wildman–Crippen MR) is 68.3 cm³/mol. The van der Waals surface area contributed by atoms with Crippen LogP contribution in [0.5, 0.6) is 0 Å². The van der Waals surface area contributed by atoms with Crippen LogP contribution in [0, 0.1) is 0 Å². The molecule has 0 spiro atoms. The van der Waals surface area contributed by atoms with Gasteiger partial charge in [-0.05, 0) is 34.8 Å². The molecule has 0 aromatic carbocycles. The standard InChI is InChI=1S/C12H12BrN3O/c13-8-5-9-10(14-6-8)7-16-4-2-1-3-11(17)12(16)15-9/h5-6H,1-4,7H2. The minimum absolute atomic E-state index is 0.160. The van der Waals surface area contributed by atoms with E-state index in [2.05, 4.69) is 30.8 Å². The van der Waals surface area contributed by atoms with Crippen molar-refractivity contribution in [2.45, 2.75) is 25.8 Å². The van der Waals surface area contributed by atoms with Crippen molar-refractivity contribution in [2.24, 2.45) is 4.99 Å². The van der Waals surface area contributed by atoms with Gasteiger partial charge in [0.05, 0.1) is 17.9 Å². The molecule has 0 radical (unpaired) electrons. The van der Waals surface area contributed by atoms with Gasteiger partial charge in [-0.2, -0.15) is 0 Å². The first-order valence-electron chi connectivity index (χ1n) is 5.75. The number of hydrogen-bond acceptors (Lipinski definition) is 4. The fourth-order valence-corrected chi connectivity index (χ4v) is 2.56. The SMILES string of the molecule is O=C1CCCCN2Cc3ncc(Br)cc3N=C12. The van der Waals surface area contributed by atoms with Gasteiger partial charge in [-0.15, -0.1) is 0 Å². The zero-order valence-corrected chi connectivity index (χ0v) is 10.9. The molecule has 0 amide bonds. The van der Waals surface area contributed by atoms with Crippen LogP contribution in [0.1, 0.15) is 25.0 Å². The summed E-state index contributed by atoms with van der Waals surface area (Å²) >= 11 is 3.38. The van der Waals surface area contributed by atoms with Crippen LogP contribution < -0.4 is 0 Å². The molecular formula is C12H12BrN3O. The van der Waals surface area contributed by atoms with Crippen LogP contribution >= 0.6 is 15.9 Å². The maximum atomic E-state index is 11.9. The topological polar surface area (TPSA) is 45.6 Å². The second-order valence-corrected chi connectivity index (χ2v) is 5.27. The molecule has 1 aromatic rings. The maximum absolute atomic E-state index is 11.9. The molecule has 1 aromatic heterocycles. The molecule has 4 nitrogen and oxygen atoms in total. The Hall–Kier alpha value is -1.23. The van der Waals surface area contributed by atoms with Crippen LogP contribution in [0.2, 0.25) is 0 Å². The van der Waals surface area contributed by atoms with Gasteiger partial charge in [0.1, 0.15) is 0 Å². The summed E-state index contributed by atoms with van der Waals surface area (Å²) in [4.78, 5) is 22.8. The Morgan fingerprint density at radius 1 is 1.35 bits per heavy atom. The Labute approximate surface area is 108 Å². The maximum Gasteiger partial charge on any atom is 0.197 e. The zero-order chi connectivity index (χ0) is 11.8. The van der Waals surface area contributed by atoms with Crippen molar-refractivity contribution in [1.29, 1.82) is 0 Å². The second-order valence-electron chi connectivity index (χ2n) is 4.36. The summed E-state index contributed by atoms with van der Waals surface area (Å²) in [6.07, 6.45) is 4.41. The summed E-state index contributed by atoms with van der Waals surface area (Å²) in [6.45, 7) is 1.61. The zero-order valence-electron chi connectivity index (χ0n) is 9.32. The van der Waals surface area contributed by atoms with Crippen molar-refractivity contribution in [3.63, 3.8) is 0 Å². The van der Waals surface area contributed by atoms with E-state index in [1.54, 1.807) is 6.20 Å². The largest absolute Gasteiger partial charge is 0.348 e.